The summed E-state index contributed by atoms with van der Waals surface area (Å²) < 4.78 is 27.3. The van der Waals surface area contributed by atoms with E-state index in [1.807, 2.05) is 6.92 Å². The predicted molar refractivity (Wildman–Crippen MR) is 91.3 cm³/mol. The van der Waals surface area contributed by atoms with Gasteiger partial charge in [0.25, 0.3) is 10.0 Å². The Hall–Kier alpha value is 0.553. The average Bonchev–Trinajstić information content (AvgIpc) is 2.93. The molecule has 0 aromatic heterocycles. The van der Waals surface area contributed by atoms with E-state index in [-0.39, 0.29) is 119 Å². The molecule has 0 fully saturated rings. The maximum atomic E-state index is 12.6. The van der Waals surface area contributed by atoms with E-state index in [9.17, 15) is 28.2 Å². The van der Waals surface area contributed by atoms with Gasteiger partial charge in [-0.25, -0.2) is 8.42 Å². The molecule has 8 nitrogen and oxygen atoms in total. The molecule has 1 atom stereocenters. The van der Waals surface area contributed by atoms with Gasteiger partial charge in [0.2, 0.25) is 0 Å². The summed E-state index contributed by atoms with van der Waals surface area (Å²) >= 11 is 1.47. The second-order valence-electron chi connectivity index (χ2n) is 5.54. The number of hydrogen-bond acceptors (Lipinski definition) is 8. The smallest absolute Gasteiger partial charge is 0.545 e. The van der Waals surface area contributed by atoms with Crippen molar-refractivity contribution in [1.82, 2.24) is 0 Å². The van der Waals surface area contributed by atoms with Crippen LogP contribution in [0.1, 0.15) is 27.6 Å². The molecule has 1 aliphatic heterocycles. The number of carboxylic acids is 2. The Bertz CT molecular complexity index is 998. The van der Waals surface area contributed by atoms with Gasteiger partial charge in [0.05, 0.1) is 27.9 Å². The van der Waals surface area contributed by atoms with Gasteiger partial charge in [0.1, 0.15) is 0 Å². The van der Waals surface area contributed by atoms with E-state index in [1.165, 1.54) is 23.9 Å². The van der Waals surface area contributed by atoms with Crippen molar-refractivity contribution >= 4 is 45.1 Å². The zero-order chi connectivity index (χ0) is 19.1. The quantitative estimate of drug-likeness (QED) is 0.412. The molecule has 1 unspecified atom stereocenters. The number of thioether (sulfide) groups is 1. The van der Waals surface area contributed by atoms with Crippen molar-refractivity contribution in [3.63, 3.8) is 0 Å². The molecule has 0 amide bonds. The fourth-order valence-electron chi connectivity index (χ4n) is 2.46. The molecule has 0 aliphatic carbocycles. The minimum atomic E-state index is -4.06. The summed E-state index contributed by atoms with van der Waals surface area (Å²) in [5.41, 5.74) is -0.357. The van der Waals surface area contributed by atoms with Crippen LogP contribution in [0.3, 0.4) is 0 Å². The second-order valence-corrected chi connectivity index (χ2v) is 8.61. The Labute approximate surface area is 251 Å². The molecule has 1 aliphatic rings. The van der Waals surface area contributed by atoms with Crippen molar-refractivity contribution < 1.29 is 131 Å². The van der Waals surface area contributed by atoms with Crippen molar-refractivity contribution in [2.24, 2.45) is 0 Å². The van der Waals surface area contributed by atoms with E-state index in [0.717, 1.165) is 28.8 Å². The van der Waals surface area contributed by atoms with Gasteiger partial charge in [-0.1, -0.05) is 11.8 Å². The van der Waals surface area contributed by atoms with Gasteiger partial charge in [-0.15, -0.1) is 0 Å². The number of nitrogens with one attached hydrogen (secondary N) is 2. The molecule has 0 spiro atoms. The molecule has 0 bridgehead atoms. The zero-order valence-electron chi connectivity index (χ0n) is 15.3. The maximum absolute atomic E-state index is 12.6. The third-order valence-electron chi connectivity index (χ3n) is 3.58. The minimum absolute atomic E-state index is 0. The first kappa shape index (κ1) is 26.6. The number of carbonyl (C=O) groups excluding carboxylic acids is 2. The number of rotatable bonds is 5. The van der Waals surface area contributed by atoms with E-state index in [2.05, 4.69) is 10.0 Å². The molecule has 3 rings (SSSR count). The van der Waals surface area contributed by atoms with Crippen LogP contribution >= 0.6 is 11.8 Å². The van der Waals surface area contributed by atoms with Gasteiger partial charge in [0.15, 0.2) is 0 Å². The number of benzene rings is 2. The first-order valence-corrected chi connectivity index (χ1v) is 9.70. The molecular weight excluding hydrogens is 459 g/mol. The monoisotopic (exact) mass is 470 g/mol. The van der Waals surface area contributed by atoms with Crippen LogP contribution in [-0.2, 0) is 10.0 Å². The number of carbonyl (C=O) groups is 2. The largest absolute Gasteiger partial charge is 1.00 e. The van der Waals surface area contributed by atoms with Crippen molar-refractivity contribution in [2.75, 3.05) is 10.0 Å². The normalized spacial score (nSPS) is 14.7. The summed E-state index contributed by atoms with van der Waals surface area (Å²) in [6, 6.07) is 7.30. The Morgan fingerprint density at radius 1 is 1.04 bits per heavy atom. The maximum Gasteiger partial charge on any atom is 1.00 e. The number of fused-ring (bicyclic) bond motifs is 1. The molecule has 2 N–H and O–H groups in total. The van der Waals surface area contributed by atoms with Crippen LogP contribution in [0.5, 0.6) is 0 Å². The number of anilines is 2. The van der Waals surface area contributed by atoms with Gasteiger partial charge < -0.3 is 25.1 Å². The molecule has 0 saturated carbocycles. The van der Waals surface area contributed by atoms with Gasteiger partial charge in [-0.2, -0.15) is 0 Å². The van der Waals surface area contributed by atoms with Gasteiger partial charge in [0, 0.05) is 10.6 Å². The molecule has 12 heteroatoms. The number of aromatic carboxylic acids is 2. The van der Waals surface area contributed by atoms with Gasteiger partial charge >= 0.3 is 103 Å². The fraction of sp³-hybridized carbons (Fsp3) is 0.125. The SMILES string of the molecule is CC1Nc2ccc(S(=O)(=O)Nc3cc(C(=O)[O-])cc(C(=O)[O-])c3)cc2S1.[K+].[K+]. The Balaban J connectivity index is 0.00000196. The van der Waals surface area contributed by atoms with Crippen LogP contribution in [0.2, 0.25) is 0 Å². The summed E-state index contributed by atoms with van der Waals surface area (Å²) in [5.74, 6) is -3.27. The number of hydrogen-bond donors (Lipinski definition) is 2. The molecule has 2 aromatic rings. The predicted octanol–water partition coefficient (Wildman–Crippen LogP) is -5.91. The van der Waals surface area contributed by atoms with E-state index < -0.39 is 33.1 Å². The minimum Gasteiger partial charge on any atom is -0.545 e. The van der Waals surface area contributed by atoms with Crippen molar-refractivity contribution in [3.05, 3.63) is 47.5 Å². The third kappa shape index (κ3) is 6.28. The van der Waals surface area contributed by atoms with Crippen LogP contribution in [0.25, 0.3) is 0 Å². The molecular formula is C16H12K2N2O6S2. The van der Waals surface area contributed by atoms with Crippen molar-refractivity contribution in [1.29, 1.82) is 0 Å². The van der Waals surface area contributed by atoms with E-state index in [0.29, 0.717) is 0 Å². The fourth-order valence-corrected chi connectivity index (χ4v) is 4.62. The molecule has 2 aromatic carbocycles. The summed E-state index contributed by atoms with van der Waals surface area (Å²) in [4.78, 5) is 22.8. The van der Waals surface area contributed by atoms with Crippen LogP contribution in [-0.4, -0.2) is 25.7 Å². The molecule has 28 heavy (non-hydrogen) atoms. The molecule has 1 heterocycles. The summed E-state index contributed by atoms with van der Waals surface area (Å²) in [5, 5.41) is 25.3. The van der Waals surface area contributed by atoms with Crippen molar-refractivity contribution in [3.8, 4) is 0 Å². The van der Waals surface area contributed by atoms with Crippen LogP contribution in [0.15, 0.2) is 46.2 Å². The standard InChI is InChI=1S/C16H14N2O6S2.2K/c1-8-17-13-3-2-12(7-14(13)25-8)26(23,24)18-11-5-9(15(19)20)4-10(6-11)16(21)22;;/h2-8,17-18H,1H3,(H,19,20)(H,21,22);;/q;2*+1/p-2. The third-order valence-corrected chi connectivity index (χ3v) is 6.02. The van der Waals surface area contributed by atoms with Gasteiger partial charge in [-0.3, -0.25) is 4.72 Å². The van der Waals surface area contributed by atoms with Gasteiger partial charge in [-0.05, 0) is 54.4 Å². The van der Waals surface area contributed by atoms with Crippen LogP contribution < -0.4 is 123 Å². The Morgan fingerprint density at radius 2 is 1.61 bits per heavy atom. The summed E-state index contributed by atoms with van der Waals surface area (Å²) in [6.45, 7) is 1.93. The summed E-state index contributed by atoms with van der Waals surface area (Å²) in [7, 11) is -4.06. The number of sulfonamides is 1. The van der Waals surface area contributed by atoms with E-state index in [1.54, 1.807) is 6.07 Å². The topological polar surface area (TPSA) is 138 Å². The first-order chi connectivity index (χ1) is 12.2. The molecule has 136 valence electrons. The van der Waals surface area contributed by atoms with E-state index in [4.69, 9.17) is 0 Å². The second kappa shape index (κ2) is 10.7. The van der Waals surface area contributed by atoms with Crippen LogP contribution in [0.4, 0.5) is 11.4 Å². The van der Waals surface area contributed by atoms with Crippen molar-refractivity contribution in [2.45, 2.75) is 22.1 Å². The Morgan fingerprint density at radius 3 is 2.14 bits per heavy atom. The molecule has 0 radical (unpaired) electrons. The summed E-state index contributed by atoms with van der Waals surface area (Å²) in [6.07, 6.45) is 0. The first-order valence-electron chi connectivity index (χ1n) is 7.33. The zero-order valence-corrected chi connectivity index (χ0v) is 23.2. The Kier molecular flexibility index (Phi) is 10.2. The van der Waals surface area contributed by atoms with E-state index >= 15 is 0 Å². The molecule has 0 saturated heterocycles. The average molecular weight is 471 g/mol. The van der Waals surface area contributed by atoms with Crippen LogP contribution in [0, 0.1) is 0 Å². The number of carboxylic acid groups (broad SMARTS) is 2.